The second-order valence-corrected chi connectivity index (χ2v) is 6.82. The quantitative estimate of drug-likeness (QED) is 0.626. The van der Waals surface area contributed by atoms with Crippen molar-refractivity contribution in [3.8, 4) is 5.75 Å². The highest BCUT2D eigenvalue weighted by Gasteiger charge is 2.42. The van der Waals surface area contributed by atoms with Gasteiger partial charge in [-0.3, -0.25) is 9.59 Å². The Labute approximate surface area is 162 Å². The maximum absolute atomic E-state index is 13.3. The highest BCUT2D eigenvalue weighted by molar-refractivity contribution is 5.99. The molecule has 0 unspecified atom stereocenters. The zero-order chi connectivity index (χ0) is 19.8. The summed E-state index contributed by atoms with van der Waals surface area (Å²) in [6.45, 7) is 8.48. The lowest BCUT2D eigenvalue weighted by Gasteiger charge is -2.23. The van der Waals surface area contributed by atoms with Gasteiger partial charge in [0.15, 0.2) is 5.43 Å². The summed E-state index contributed by atoms with van der Waals surface area (Å²) in [5.41, 5.74) is 2.43. The third-order valence-corrected chi connectivity index (χ3v) is 4.95. The summed E-state index contributed by atoms with van der Waals surface area (Å²) in [4.78, 5) is 28.0. The molecule has 28 heavy (non-hydrogen) atoms. The van der Waals surface area contributed by atoms with Crippen molar-refractivity contribution in [2.75, 3.05) is 13.2 Å². The van der Waals surface area contributed by atoms with Crippen LogP contribution < -0.4 is 10.2 Å². The molecule has 5 nitrogen and oxygen atoms in total. The summed E-state index contributed by atoms with van der Waals surface area (Å²) in [7, 11) is 0. The van der Waals surface area contributed by atoms with Gasteiger partial charge in [0.2, 0.25) is 5.76 Å². The van der Waals surface area contributed by atoms with Gasteiger partial charge in [0.25, 0.3) is 5.91 Å². The SMILES string of the molecule is C=CCN1C(=O)c2oc3ccc(C)cc3c(=O)c2[C@H]1c1ccc(OCC)cc1. The van der Waals surface area contributed by atoms with E-state index >= 15 is 0 Å². The predicted octanol–water partition coefficient (Wildman–Crippen LogP) is 4.23. The third kappa shape index (κ3) is 2.80. The number of nitrogens with zero attached hydrogens (tertiary/aromatic N) is 1. The first-order valence-electron chi connectivity index (χ1n) is 9.27. The van der Waals surface area contributed by atoms with E-state index < -0.39 is 6.04 Å². The van der Waals surface area contributed by atoms with Crippen LogP contribution in [0.4, 0.5) is 0 Å². The molecule has 0 spiro atoms. The average molecular weight is 375 g/mol. The van der Waals surface area contributed by atoms with E-state index in [0.29, 0.717) is 29.7 Å². The molecule has 0 fully saturated rings. The fourth-order valence-corrected chi connectivity index (χ4v) is 3.72. The van der Waals surface area contributed by atoms with Crippen LogP contribution >= 0.6 is 0 Å². The van der Waals surface area contributed by atoms with Gasteiger partial charge in [-0.2, -0.15) is 0 Å². The number of carbonyl (C=O) groups excluding carboxylic acids is 1. The minimum absolute atomic E-state index is 0.113. The number of carbonyl (C=O) groups is 1. The van der Waals surface area contributed by atoms with E-state index in [0.717, 1.165) is 16.9 Å². The summed E-state index contributed by atoms with van der Waals surface area (Å²) in [5.74, 6) is 0.558. The fourth-order valence-electron chi connectivity index (χ4n) is 3.72. The maximum Gasteiger partial charge on any atom is 0.291 e. The van der Waals surface area contributed by atoms with Gasteiger partial charge in [-0.25, -0.2) is 0 Å². The van der Waals surface area contributed by atoms with E-state index in [1.54, 1.807) is 23.1 Å². The molecule has 0 aliphatic carbocycles. The van der Waals surface area contributed by atoms with Crippen molar-refractivity contribution in [3.05, 3.63) is 87.8 Å². The Balaban J connectivity index is 1.93. The van der Waals surface area contributed by atoms with E-state index in [-0.39, 0.29) is 17.1 Å². The molecule has 1 atom stereocenters. The average Bonchev–Trinajstić information content (AvgIpc) is 2.96. The van der Waals surface area contributed by atoms with E-state index in [9.17, 15) is 9.59 Å². The molecule has 0 N–H and O–H groups in total. The van der Waals surface area contributed by atoms with Crippen LogP contribution in [-0.4, -0.2) is 24.0 Å². The highest BCUT2D eigenvalue weighted by atomic mass is 16.5. The molecule has 2 aromatic carbocycles. The summed E-state index contributed by atoms with van der Waals surface area (Å²) in [6, 6.07) is 12.3. The second kappa shape index (κ2) is 7.00. The third-order valence-electron chi connectivity index (χ3n) is 4.95. The first kappa shape index (κ1) is 18.0. The number of benzene rings is 2. The molecule has 5 heteroatoms. The number of hydrogen-bond acceptors (Lipinski definition) is 4. The van der Waals surface area contributed by atoms with Gasteiger partial charge in [-0.1, -0.05) is 29.8 Å². The van der Waals surface area contributed by atoms with Crippen LogP contribution in [0, 0.1) is 6.92 Å². The summed E-state index contributed by atoms with van der Waals surface area (Å²) < 4.78 is 11.4. The fraction of sp³-hybridized carbons (Fsp3) is 0.217. The Bertz CT molecular complexity index is 1130. The van der Waals surface area contributed by atoms with Crippen molar-refractivity contribution >= 4 is 16.9 Å². The Morgan fingerprint density at radius 2 is 1.93 bits per heavy atom. The molecule has 2 heterocycles. The van der Waals surface area contributed by atoms with E-state index in [2.05, 4.69) is 6.58 Å². The molecular formula is C23H21NO4. The summed E-state index contributed by atoms with van der Waals surface area (Å²) >= 11 is 0. The van der Waals surface area contributed by atoms with Gasteiger partial charge >= 0.3 is 0 Å². The monoisotopic (exact) mass is 375 g/mol. The number of aryl methyl sites for hydroxylation is 1. The topological polar surface area (TPSA) is 59.8 Å². The largest absolute Gasteiger partial charge is 0.494 e. The Morgan fingerprint density at radius 3 is 2.61 bits per heavy atom. The minimum Gasteiger partial charge on any atom is -0.494 e. The smallest absolute Gasteiger partial charge is 0.291 e. The summed E-state index contributed by atoms with van der Waals surface area (Å²) in [5, 5.41) is 0.489. The van der Waals surface area contributed by atoms with E-state index in [1.807, 2.05) is 44.2 Å². The number of amides is 1. The van der Waals surface area contributed by atoms with Crippen molar-refractivity contribution in [2.24, 2.45) is 0 Å². The lowest BCUT2D eigenvalue weighted by atomic mass is 9.98. The van der Waals surface area contributed by atoms with Crippen LogP contribution in [-0.2, 0) is 0 Å². The molecule has 0 bridgehead atoms. The first-order chi connectivity index (χ1) is 13.5. The molecule has 0 saturated carbocycles. The Hall–Kier alpha value is -3.34. The molecule has 1 aliphatic heterocycles. The molecule has 4 rings (SSSR count). The summed E-state index contributed by atoms with van der Waals surface area (Å²) in [6.07, 6.45) is 1.65. The predicted molar refractivity (Wildman–Crippen MR) is 108 cm³/mol. The second-order valence-electron chi connectivity index (χ2n) is 6.82. The van der Waals surface area contributed by atoms with Gasteiger partial charge in [-0.15, -0.1) is 6.58 Å². The molecule has 1 aromatic heterocycles. The lowest BCUT2D eigenvalue weighted by molar-refractivity contribution is 0.0748. The maximum atomic E-state index is 13.3. The standard InChI is InChI=1S/C23H21NO4/c1-4-12-24-20(15-7-9-16(10-8-15)27-5-2)19-21(25)17-13-14(3)6-11-18(17)28-22(19)23(24)26/h4,6-11,13,20H,1,5,12H2,2-3H3/t20-/m1/s1. The van der Waals surface area contributed by atoms with Gasteiger partial charge < -0.3 is 14.1 Å². The van der Waals surface area contributed by atoms with Crippen molar-refractivity contribution in [1.29, 1.82) is 0 Å². The van der Waals surface area contributed by atoms with Crippen LogP contribution in [0.2, 0.25) is 0 Å². The minimum atomic E-state index is -0.516. The van der Waals surface area contributed by atoms with Gasteiger partial charge in [0.05, 0.1) is 23.6 Å². The normalized spacial score (nSPS) is 15.7. The van der Waals surface area contributed by atoms with E-state index in [1.165, 1.54) is 0 Å². The molecule has 1 aliphatic rings. The van der Waals surface area contributed by atoms with Gasteiger partial charge in [-0.05, 0) is 43.7 Å². The van der Waals surface area contributed by atoms with Gasteiger partial charge in [0.1, 0.15) is 11.3 Å². The Kier molecular flexibility index (Phi) is 4.51. The molecule has 142 valence electrons. The molecule has 0 radical (unpaired) electrons. The highest BCUT2D eigenvalue weighted by Crippen LogP contribution is 2.38. The van der Waals surface area contributed by atoms with Crippen molar-refractivity contribution in [3.63, 3.8) is 0 Å². The van der Waals surface area contributed by atoms with Crippen molar-refractivity contribution in [2.45, 2.75) is 19.9 Å². The van der Waals surface area contributed by atoms with Crippen LogP contribution in [0.15, 0.2) is 64.3 Å². The number of hydrogen-bond donors (Lipinski definition) is 0. The van der Waals surface area contributed by atoms with E-state index in [4.69, 9.17) is 9.15 Å². The molecule has 1 amide bonds. The Morgan fingerprint density at radius 1 is 1.18 bits per heavy atom. The lowest BCUT2D eigenvalue weighted by Crippen LogP contribution is -2.29. The van der Waals surface area contributed by atoms with Crippen LogP contribution in [0.25, 0.3) is 11.0 Å². The number of ether oxygens (including phenoxy) is 1. The number of rotatable bonds is 5. The van der Waals surface area contributed by atoms with Crippen LogP contribution in [0.1, 0.15) is 40.2 Å². The van der Waals surface area contributed by atoms with Gasteiger partial charge in [0, 0.05) is 6.54 Å². The zero-order valence-corrected chi connectivity index (χ0v) is 15.9. The van der Waals surface area contributed by atoms with Crippen molar-refractivity contribution in [1.82, 2.24) is 4.90 Å². The number of fused-ring (bicyclic) bond motifs is 2. The molecule has 0 saturated heterocycles. The zero-order valence-electron chi connectivity index (χ0n) is 15.9. The molecular weight excluding hydrogens is 354 g/mol. The van der Waals surface area contributed by atoms with Crippen LogP contribution in [0.3, 0.4) is 0 Å². The van der Waals surface area contributed by atoms with Crippen molar-refractivity contribution < 1.29 is 13.9 Å². The van der Waals surface area contributed by atoms with Crippen LogP contribution in [0.5, 0.6) is 5.75 Å². The molecule has 3 aromatic rings. The first-order valence-corrected chi connectivity index (χ1v) is 9.27.